The average molecular weight is 281 g/mol. The van der Waals surface area contributed by atoms with Crippen molar-refractivity contribution in [3.05, 3.63) is 29.8 Å². The molecule has 1 saturated heterocycles. The lowest BCUT2D eigenvalue weighted by Crippen LogP contribution is -2.37. The smallest absolute Gasteiger partial charge is 0.224 e. The van der Waals surface area contributed by atoms with Crippen LogP contribution in [0.5, 0.6) is 0 Å². The van der Waals surface area contributed by atoms with Gasteiger partial charge in [0.1, 0.15) is 5.37 Å². The lowest BCUT2D eigenvalue weighted by atomic mass is 9.95. The van der Waals surface area contributed by atoms with E-state index in [0.717, 1.165) is 5.56 Å². The number of nitrogens with one attached hydrogen (secondary N) is 1. The molecule has 0 aliphatic carbocycles. The van der Waals surface area contributed by atoms with Crippen molar-refractivity contribution in [2.75, 3.05) is 0 Å². The molecule has 1 heterocycles. The number of hydrogen-bond acceptors (Lipinski definition) is 3. The van der Waals surface area contributed by atoms with Crippen molar-refractivity contribution in [2.45, 2.75) is 37.5 Å². The van der Waals surface area contributed by atoms with Crippen LogP contribution < -0.4 is 5.32 Å². The first-order valence-electron chi connectivity index (χ1n) is 6.49. The summed E-state index contributed by atoms with van der Waals surface area (Å²) in [6.07, 6.45) is 0.662. The predicted molar refractivity (Wildman–Crippen MR) is 73.2 cm³/mol. The molecule has 1 amide bonds. The van der Waals surface area contributed by atoms with Crippen LogP contribution in [0.25, 0.3) is 0 Å². The molecule has 0 saturated carbocycles. The highest BCUT2D eigenvalue weighted by atomic mass is 32.2. The molecule has 2 rings (SSSR count). The maximum atomic E-state index is 12.6. The summed E-state index contributed by atoms with van der Waals surface area (Å²) >= 11 is 0. The lowest BCUT2D eigenvalue weighted by Gasteiger charge is -2.19. The normalized spacial score (nSPS) is 27.3. The van der Waals surface area contributed by atoms with Crippen LogP contribution in [-0.2, 0) is 14.6 Å². The number of carbonyl (C=O) groups is 1. The van der Waals surface area contributed by atoms with E-state index < -0.39 is 15.2 Å². The van der Waals surface area contributed by atoms with Gasteiger partial charge in [-0.3, -0.25) is 4.79 Å². The number of benzene rings is 1. The molecular weight excluding hydrogens is 262 g/mol. The minimum Gasteiger partial charge on any atom is -0.339 e. The second-order valence-corrected chi connectivity index (χ2v) is 7.22. The Morgan fingerprint density at radius 2 is 1.79 bits per heavy atom. The molecule has 0 spiro atoms. The third-order valence-corrected chi connectivity index (χ3v) is 5.95. The molecular formula is C14H19NO3S. The van der Waals surface area contributed by atoms with E-state index in [2.05, 4.69) is 5.32 Å². The van der Waals surface area contributed by atoms with E-state index in [0.29, 0.717) is 6.42 Å². The number of amides is 1. The Morgan fingerprint density at radius 1 is 1.21 bits per heavy atom. The molecule has 1 aliphatic heterocycles. The van der Waals surface area contributed by atoms with E-state index in [9.17, 15) is 13.2 Å². The third-order valence-electron chi connectivity index (χ3n) is 3.88. The fourth-order valence-electron chi connectivity index (χ4n) is 2.59. The van der Waals surface area contributed by atoms with Crippen molar-refractivity contribution < 1.29 is 13.2 Å². The zero-order chi connectivity index (χ0) is 14.2. The molecule has 5 heteroatoms. The van der Waals surface area contributed by atoms with E-state index in [4.69, 9.17) is 0 Å². The highest BCUT2D eigenvalue weighted by Gasteiger charge is 2.45. The fourth-order valence-corrected chi connectivity index (χ4v) is 4.55. The van der Waals surface area contributed by atoms with Gasteiger partial charge >= 0.3 is 0 Å². The van der Waals surface area contributed by atoms with Gasteiger partial charge in [0, 0.05) is 11.8 Å². The number of carbonyl (C=O) groups excluding carboxylic acids is 1. The van der Waals surface area contributed by atoms with E-state index in [1.165, 1.54) is 0 Å². The van der Waals surface area contributed by atoms with Gasteiger partial charge in [0.2, 0.25) is 5.91 Å². The lowest BCUT2D eigenvalue weighted by molar-refractivity contribution is -0.122. The van der Waals surface area contributed by atoms with E-state index in [-0.39, 0.29) is 22.6 Å². The predicted octanol–water partition coefficient (Wildman–Crippen LogP) is 1.89. The molecule has 1 fully saturated rings. The summed E-state index contributed by atoms with van der Waals surface area (Å²) in [5, 5.41) is 1.83. The summed E-state index contributed by atoms with van der Waals surface area (Å²) in [4.78, 5) is 12.0. The second kappa shape index (κ2) is 4.96. The van der Waals surface area contributed by atoms with E-state index in [1.54, 1.807) is 31.2 Å². The topological polar surface area (TPSA) is 63.2 Å². The molecule has 0 aromatic heterocycles. The quantitative estimate of drug-likeness (QED) is 0.920. The Hall–Kier alpha value is -1.36. The fraction of sp³-hybridized carbons (Fsp3) is 0.500. The van der Waals surface area contributed by atoms with Gasteiger partial charge in [0.25, 0.3) is 0 Å². The Labute approximate surface area is 114 Å². The van der Waals surface area contributed by atoms with Gasteiger partial charge in [-0.2, -0.15) is 0 Å². The van der Waals surface area contributed by atoms with Crippen molar-refractivity contribution in [2.24, 2.45) is 11.8 Å². The van der Waals surface area contributed by atoms with Gasteiger partial charge in [-0.15, -0.1) is 0 Å². The maximum absolute atomic E-state index is 12.6. The maximum Gasteiger partial charge on any atom is 0.224 e. The summed E-state index contributed by atoms with van der Waals surface area (Å²) in [6.45, 7) is 5.61. The van der Waals surface area contributed by atoms with Crippen LogP contribution in [0.1, 0.15) is 25.8 Å². The van der Waals surface area contributed by atoms with Crippen LogP contribution >= 0.6 is 0 Å². The Balaban J connectivity index is 2.39. The molecule has 3 atom stereocenters. The van der Waals surface area contributed by atoms with Crippen LogP contribution in [0.4, 0.5) is 0 Å². The van der Waals surface area contributed by atoms with E-state index in [1.807, 2.05) is 13.8 Å². The zero-order valence-electron chi connectivity index (χ0n) is 11.4. The molecule has 1 aliphatic rings. The molecule has 4 nitrogen and oxygen atoms in total. The Bertz CT molecular complexity index is 577. The third kappa shape index (κ3) is 2.39. The largest absolute Gasteiger partial charge is 0.339 e. The molecule has 1 aromatic rings. The van der Waals surface area contributed by atoms with Gasteiger partial charge in [-0.1, -0.05) is 31.5 Å². The van der Waals surface area contributed by atoms with Gasteiger partial charge in [-0.25, -0.2) is 8.42 Å². The Kier molecular flexibility index (Phi) is 3.67. The van der Waals surface area contributed by atoms with Crippen LogP contribution in [0.15, 0.2) is 29.2 Å². The summed E-state index contributed by atoms with van der Waals surface area (Å²) in [5.41, 5.74) is 1.01. The summed E-state index contributed by atoms with van der Waals surface area (Å²) in [5.74, 6) is -0.596. The van der Waals surface area contributed by atoms with Crippen LogP contribution in [0.3, 0.4) is 0 Å². The zero-order valence-corrected chi connectivity index (χ0v) is 12.2. The van der Waals surface area contributed by atoms with Crippen molar-refractivity contribution >= 4 is 15.7 Å². The van der Waals surface area contributed by atoms with Gasteiger partial charge in [-0.05, 0) is 25.5 Å². The SMILES string of the molecule is CCC1C(C)C(=O)NC1S(=O)(=O)c1ccc(C)cc1. The minimum absolute atomic E-state index is 0.168. The van der Waals surface area contributed by atoms with Crippen molar-refractivity contribution in [1.82, 2.24) is 5.32 Å². The molecule has 1 aromatic carbocycles. The summed E-state index contributed by atoms with van der Waals surface area (Å²) < 4.78 is 25.2. The van der Waals surface area contributed by atoms with Crippen molar-refractivity contribution in [3.8, 4) is 0 Å². The first-order chi connectivity index (χ1) is 8.87. The van der Waals surface area contributed by atoms with Crippen molar-refractivity contribution in [1.29, 1.82) is 0 Å². The molecule has 3 unspecified atom stereocenters. The minimum atomic E-state index is -3.51. The number of rotatable bonds is 3. The van der Waals surface area contributed by atoms with Crippen LogP contribution in [0.2, 0.25) is 0 Å². The highest BCUT2D eigenvalue weighted by molar-refractivity contribution is 7.92. The first kappa shape index (κ1) is 14.1. The summed E-state index contributed by atoms with van der Waals surface area (Å²) in [6, 6.07) is 6.75. The average Bonchev–Trinajstić information content (AvgIpc) is 2.66. The molecule has 19 heavy (non-hydrogen) atoms. The number of hydrogen-bond donors (Lipinski definition) is 1. The standard InChI is InChI=1S/C14H19NO3S/c1-4-12-10(3)13(16)15-14(12)19(17,18)11-7-5-9(2)6-8-11/h5-8,10,12,14H,4H2,1-3H3,(H,15,16). The molecule has 0 bridgehead atoms. The monoisotopic (exact) mass is 281 g/mol. The summed E-state index contributed by atoms with van der Waals surface area (Å²) in [7, 11) is -3.51. The first-order valence-corrected chi connectivity index (χ1v) is 8.03. The highest BCUT2D eigenvalue weighted by Crippen LogP contribution is 2.32. The van der Waals surface area contributed by atoms with Crippen LogP contribution in [-0.4, -0.2) is 19.7 Å². The molecule has 104 valence electrons. The van der Waals surface area contributed by atoms with Crippen molar-refractivity contribution in [3.63, 3.8) is 0 Å². The molecule has 0 radical (unpaired) electrons. The molecule has 1 N–H and O–H groups in total. The second-order valence-electron chi connectivity index (χ2n) is 5.15. The Morgan fingerprint density at radius 3 is 2.32 bits per heavy atom. The van der Waals surface area contributed by atoms with Crippen LogP contribution in [0, 0.1) is 18.8 Å². The number of aryl methyl sites for hydroxylation is 1. The number of sulfone groups is 1. The van der Waals surface area contributed by atoms with Gasteiger partial charge < -0.3 is 5.32 Å². The van der Waals surface area contributed by atoms with Gasteiger partial charge in [0.15, 0.2) is 9.84 Å². The van der Waals surface area contributed by atoms with E-state index >= 15 is 0 Å². The van der Waals surface area contributed by atoms with Gasteiger partial charge in [0.05, 0.1) is 4.90 Å².